The zero-order valence-corrected chi connectivity index (χ0v) is 7.36. The molecule has 0 radical (unpaired) electrons. The molecule has 62 valence electrons. The van der Waals surface area contributed by atoms with Crippen LogP contribution in [0.1, 0.15) is 26.2 Å². The summed E-state index contributed by atoms with van der Waals surface area (Å²) < 4.78 is 0. The van der Waals surface area contributed by atoms with Gasteiger partial charge in [0.25, 0.3) is 0 Å². The van der Waals surface area contributed by atoms with Crippen LogP contribution in [0.15, 0.2) is 0 Å². The van der Waals surface area contributed by atoms with E-state index in [1.54, 1.807) is 11.8 Å². The Bertz CT molecular complexity index is 62.6. The van der Waals surface area contributed by atoms with Crippen LogP contribution in [0.2, 0.25) is 0 Å². The van der Waals surface area contributed by atoms with Gasteiger partial charge in [0.15, 0.2) is 0 Å². The maximum Gasteiger partial charge on any atom is 0.0507 e. The lowest BCUT2D eigenvalue weighted by atomic mass is 10.3. The highest BCUT2D eigenvalue weighted by Gasteiger charge is 1.99. The summed E-state index contributed by atoms with van der Waals surface area (Å²) in [6, 6.07) is 0. The van der Waals surface area contributed by atoms with Crippen LogP contribution in [0.25, 0.3) is 0 Å². The van der Waals surface area contributed by atoms with Crippen molar-refractivity contribution in [2.24, 2.45) is 5.73 Å². The molecular weight excluding hydrogens is 146 g/mol. The fourth-order valence-electron chi connectivity index (χ4n) is 0.645. The van der Waals surface area contributed by atoms with Crippen LogP contribution in [0.3, 0.4) is 0 Å². The molecule has 0 aliphatic carbocycles. The van der Waals surface area contributed by atoms with Crippen LogP contribution < -0.4 is 5.73 Å². The van der Waals surface area contributed by atoms with E-state index >= 15 is 0 Å². The smallest absolute Gasteiger partial charge is 0.0507 e. The summed E-state index contributed by atoms with van der Waals surface area (Å²) in [5.74, 6) is 1.13. The fourth-order valence-corrected chi connectivity index (χ4v) is 1.52. The SMILES string of the molecule is CCCSC(N)CCCO. The van der Waals surface area contributed by atoms with Gasteiger partial charge in [-0.05, 0) is 25.0 Å². The van der Waals surface area contributed by atoms with Crippen molar-refractivity contribution in [3.8, 4) is 0 Å². The van der Waals surface area contributed by atoms with Crippen molar-refractivity contribution >= 4 is 11.8 Å². The van der Waals surface area contributed by atoms with Crippen molar-refractivity contribution in [2.45, 2.75) is 31.6 Å². The first kappa shape index (κ1) is 10.3. The average Bonchev–Trinajstić information content (AvgIpc) is 1.97. The molecule has 0 bridgehead atoms. The van der Waals surface area contributed by atoms with Crippen molar-refractivity contribution in [1.82, 2.24) is 0 Å². The number of hydrogen-bond acceptors (Lipinski definition) is 3. The van der Waals surface area contributed by atoms with E-state index in [0.717, 1.165) is 18.6 Å². The van der Waals surface area contributed by atoms with Gasteiger partial charge in [0.05, 0.1) is 5.37 Å². The lowest BCUT2D eigenvalue weighted by molar-refractivity contribution is 0.284. The molecule has 0 amide bonds. The van der Waals surface area contributed by atoms with E-state index in [4.69, 9.17) is 10.8 Å². The standard InChI is InChI=1S/C7H17NOS/c1-2-6-10-7(8)4-3-5-9/h7,9H,2-6,8H2,1H3. The first-order valence-electron chi connectivity index (χ1n) is 3.79. The van der Waals surface area contributed by atoms with E-state index in [1.807, 2.05) is 0 Å². The number of aliphatic hydroxyl groups is 1. The molecule has 1 atom stereocenters. The molecule has 0 aromatic rings. The number of aliphatic hydroxyl groups excluding tert-OH is 1. The molecule has 1 unspecified atom stereocenters. The minimum Gasteiger partial charge on any atom is -0.396 e. The van der Waals surface area contributed by atoms with E-state index in [-0.39, 0.29) is 12.0 Å². The molecule has 0 spiro atoms. The molecule has 0 rings (SSSR count). The summed E-state index contributed by atoms with van der Waals surface area (Å²) in [7, 11) is 0. The Kier molecular flexibility index (Phi) is 7.58. The van der Waals surface area contributed by atoms with Crippen molar-refractivity contribution < 1.29 is 5.11 Å². The normalized spacial score (nSPS) is 13.5. The van der Waals surface area contributed by atoms with Gasteiger partial charge in [0, 0.05) is 6.61 Å². The summed E-state index contributed by atoms with van der Waals surface area (Å²) in [5.41, 5.74) is 5.70. The van der Waals surface area contributed by atoms with Crippen molar-refractivity contribution in [3.05, 3.63) is 0 Å². The van der Waals surface area contributed by atoms with Gasteiger partial charge in [0.2, 0.25) is 0 Å². The number of nitrogens with two attached hydrogens (primary N) is 1. The Morgan fingerprint density at radius 3 is 2.80 bits per heavy atom. The highest BCUT2D eigenvalue weighted by Crippen LogP contribution is 2.11. The molecule has 10 heavy (non-hydrogen) atoms. The third-order valence-electron chi connectivity index (χ3n) is 1.18. The summed E-state index contributed by atoms with van der Waals surface area (Å²) >= 11 is 1.78. The monoisotopic (exact) mass is 163 g/mol. The summed E-state index contributed by atoms with van der Waals surface area (Å²) in [4.78, 5) is 0. The molecule has 0 saturated heterocycles. The van der Waals surface area contributed by atoms with Gasteiger partial charge in [-0.15, -0.1) is 11.8 Å². The predicted octanol–water partition coefficient (Wildman–Crippen LogP) is 1.19. The van der Waals surface area contributed by atoms with E-state index < -0.39 is 0 Å². The molecule has 0 fully saturated rings. The van der Waals surface area contributed by atoms with Gasteiger partial charge in [-0.1, -0.05) is 6.92 Å². The minimum atomic E-state index is 0.229. The van der Waals surface area contributed by atoms with Gasteiger partial charge in [-0.25, -0.2) is 0 Å². The number of thioether (sulfide) groups is 1. The van der Waals surface area contributed by atoms with Gasteiger partial charge >= 0.3 is 0 Å². The van der Waals surface area contributed by atoms with Crippen molar-refractivity contribution in [1.29, 1.82) is 0 Å². The molecule has 0 aliphatic rings. The molecule has 0 aromatic heterocycles. The van der Waals surface area contributed by atoms with Crippen LogP contribution in [0.5, 0.6) is 0 Å². The maximum atomic E-state index is 8.48. The van der Waals surface area contributed by atoms with Crippen LogP contribution in [-0.2, 0) is 0 Å². The average molecular weight is 163 g/mol. The third kappa shape index (κ3) is 6.39. The Balaban J connectivity index is 3.00. The van der Waals surface area contributed by atoms with Crippen LogP contribution in [0.4, 0.5) is 0 Å². The minimum absolute atomic E-state index is 0.229. The highest BCUT2D eigenvalue weighted by molar-refractivity contribution is 7.99. The third-order valence-corrected chi connectivity index (χ3v) is 2.49. The Labute approximate surface area is 67.2 Å². The summed E-state index contributed by atoms with van der Waals surface area (Å²) in [5, 5.41) is 8.70. The molecule has 0 saturated carbocycles. The Hall–Kier alpha value is 0.270. The van der Waals surface area contributed by atoms with Crippen LogP contribution >= 0.6 is 11.8 Å². The zero-order chi connectivity index (χ0) is 7.82. The highest BCUT2D eigenvalue weighted by atomic mass is 32.2. The van der Waals surface area contributed by atoms with Gasteiger partial charge < -0.3 is 10.8 Å². The zero-order valence-electron chi connectivity index (χ0n) is 6.55. The van der Waals surface area contributed by atoms with Crippen LogP contribution in [-0.4, -0.2) is 22.8 Å². The second-order valence-electron chi connectivity index (χ2n) is 2.28. The maximum absolute atomic E-state index is 8.48. The molecule has 3 heteroatoms. The summed E-state index contributed by atoms with van der Waals surface area (Å²) in [6.07, 6.45) is 2.94. The first-order chi connectivity index (χ1) is 4.81. The Morgan fingerprint density at radius 1 is 1.60 bits per heavy atom. The van der Waals surface area contributed by atoms with E-state index in [1.165, 1.54) is 6.42 Å². The van der Waals surface area contributed by atoms with Crippen molar-refractivity contribution in [2.75, 3.05) is 12.4 Å². The molecule has 3 N–H and O–H groups in total. The molecule has 0 aromatic carbocycles. The van der Waals surface area contributed by atoms with Crippen LogP contribution in [0, 0.1) is 0 Å². The topological polar surface area (TPSA) is 46.2 Å². The lowest BCUT2D eigenvalue weighted by Gasteiger charge is -2.08. The quantitative estimate of drug-likeness (QED) is 0.578. The fraction of sp³-hybridized carbons (Fsp3) is 1.00. The van der Waals surface area contributed by atoms with Crippen molar-refractivity contribution in [3.63, 3.8) is 0 Å². The summed E-state index contributed by atoms with van der Waals surface area (Å²) in [6.45, 7) is 2.41. The van der Waals surface area contributed by atoms with E-state index in [9.17, 15) is 0 Å². The van der Waals surface area contributed by atoms with E-state index in [0.29, 0.717) is 0 Å². The Morgan fingerprint density at radius 2 is 2.30 bits per heavy atom. The molecule has 0 aliphatic heterocycles. The first-order valence-corrected chi connectivity index (χ1v) is 4.84. The van der Waals surface area contributed by atoms with E-state index in [2.05, 4.69) is 6.92 Å². The van der Waals surface area contributed by atoms with Gasteiger partial charge in [-0.3, -0.25) is 0 Å². The van der Waals surface area contributed by atoms with Gasteiger partial charge in [-0.2, -0.15) is 0 Å². The molecule has 0 heterocycles. The molecule has 2 nitrogen and oxygen atoms in total. The predicted molar refractivity (Wildman–Crippen MR) is 47.0 cm³/mol. The van der Waals surface area contributed by atoms with Gasteiger partial charge in [0.1, 0.15) is 0 Å². The largest absolute Gasteiger partial charge is 0.396 e. The second-order valence-corrected chi connectivity index (χ2v) is 3.62. The lowest BCUT2D eigenvalue weighted by Crippen LogP contribution is -2.16. The second kappa shape index (κ2) is 7.38. The number of hydrogen-bond donors (Lipinski definition) is 2. The molecular formula is C7H17NOS. The number of rotatable bonds is 6.